The average molecular weight is 677 g/mol. The smallest absolute Gasteiger partial charge is 0.408 e. The molecule has 0 saturated heterocycles. The number of amides is 4. The highest BCUT2D eigenvalue weighted by molar-refractivity contribution is 6.01. The number of benzene rings is 2. The molecular weight excluding hydrogens is 620 g/mol. The van der Waals surface area contributed by atoms with Crippen LogP contribution in [0.1, 0.15) is 85.8 Å². The minimum atomic E-state index is -1.04. The third-order valence-corrected chi connectivity index (χ3v) is 7.59. The number of hydrogen-bond donors (Lipinski definition) is 4. The molecule has 4 N–H and O–H groups in total. The lowest BCUT2D eigenvalue weighted by atomic mass is 9.96. The van der Waals surface area contributed by atoms with Crippen LogP contribution in [0.4, 0.5) is 4.79 Å². The zero-order valence-electron chi connectivity index (χ0n) is 30.4. The van der Waals surface area contributed by atoms with Crippen molar-refractivity contribution in [2.24, 2.45) is 11.8 Å². The molecule has 2 aromatic carbocycles. The fourth-order valence-corrected chi connectivity index (χ4v) is 5.25. The summed E-state index contributed by atoms with van der Waals surface area (Å²) >= 11 is 0. The maximum absolute atomic E-state index is 13.9. The minimum Gasteiger partial charge on any atom is -0.444 e. The molecule has 10 heteroatoms. The first kappa shape index (κ1) is 40.7. The van der Waals surface area contributed by atoms with Crippen LogP contribution in [-0.4, -0.2) is 59.4 Å². The van der Waals surface area contributed by atoms with Gasteiger partial charge in [-0.2, -0.15) is 0 Å². The van der Waals surface area contributed by atoms with Gasteiger partial charge in [-0.05, 0) is 81.9 Å². The van der Waals surface area contributed by atoms with E-state index < -0.39 is 53.6 Å². The zero-order chi connectivity index (χ0) is 36.7. The molecule has 0 bridgehead atoms. The number of ketones is 1. The van der Waals surface area contributed by atoms with E-state index in [4.69, 9.17) is 4.74 Å². The van der Waals surface area contributed by atoms with Crippen LogP contribution in [0.3, 0.4) is 0 Å². The molecule has 4 atom stereocenters. The lowest BCUT2D eigenvalue weighted by Crippen LogP contribution is -2.58. The van der Waals surface area contributed by atoms with Crippen LogP contribution in [0.25, 0.3) is 0 Å². The fourth-order valence-electron chi connectivity index (χ4n) is 5.25. The second-order valence-corrected chi connectivity index (χ2v) is 14.5. The van der Waals surface area contributed by atoms with Crippen molar-refractivity contribution < 1.29 is 28.7 Å². The van der Waals surface area contributed by atoms with Crippen molar-refractivity contribution in [3.05, 3.63) is 83.9 Å². The summed E-state index contributed by atoms with van der Waals surface area (Å²) in [5.74, 6) is -1.76. The van der Waals surface area contributed by atoms with E-state index in [0.717, 1.165) is 11.1 Å². The standard InChI is InChI=1S/C39H56N4O6/c1-25(2)22-31(34(44)27(5)6)40-37(47)33(24-29-18-14-11-15-19-29)42-36(46)32(23-26(3)4)41-35(45)30(43-38(48)49-39(7,8)9)21-20-28-16-12-10-13-17-28/h10-19,25-26,30-33H,5,20-24H2,1-4,6-9H3,(H,40,47)(H,41,45)(H,42,46)(H,43,48)/t30-,31-,32-,33-/m0/s1. The summed E-state index contributed by atoms with van der Waals surface area (Å²) in [6.07, 6.45) is 0.860. The molecule has 0 aliphatic rings. The third-order valence-electron chi connectivity index (χ3n) is 7.59. The van der Waals surface area contributed by atoms with Crippen molar-refractivity contribution in [2.45, 2.75) is 117 Å². The van der Waals surface area contributed by atoms with Gasteiger partial charge in [0.15, 0.2) is 5.78 Å². The van der Waals surface area contributed by atoms with Gasteiger partial charge in [-0.15, -0.1) is 0 Å². The third kappa shape index (κ3) is 15.5. The summed E-state index contributed by atoms with van der Waals surface area (Å²) in [5.41, 5.74) is 1.35. The molecule has 0 saturated carbocycles. The molecule has 10 nitrogen and oxygen atoms in total. The molecule has 0 aliphatic carbocycles. The van der Waals surface area contributed by atoms with Crippen molar-refractivity contribution >= 4 is 29.6 Å². The number of alkyl carbamates (subject to hydrolysis) is 1. The predicted octanol–water partition coefficient (Wildman–Crippen LogP) is 5.45. The van der Waals surface area contributed by atoms with Crippen molar-refractivity contribution in [3.63, 3.8) is 0 Å². The Morgan fingerprint density at radius 1 is 0.653 bits per heavy atom. The molecule has 2 rings (SSSR count). The van der Waals surface area contributed by atoms with Gasteiger partial charge in [0.25, 0.3) is 0 Å². The van der Waals surface area contributed by atoms with Gasteiger partial charge in [0.1, 0.15) is 23.7 Å². The van der Waals surface area contributed by atoms with Gasteiger partial charge < -0.3 is 26.0 Å². The van der Waals surface area contributed by atoms with E-state index in [1.54, 1.807) is 27.7 Å². The Balaban J connectivity index is 2.34. The van der Waals surface area contributed by atoms with Gasteiger partial charge in [-0.1, -0.05) is 94.9 Å². The lowest BCUT2D eigenvalue weighted by molar-refractivity contribution is -0.133. The lowest BCUT2D eigenvalue weighted by Gasteiger charge is -2.28. The van der Waals surface area contributed by atoms with E-state index in [1.807, 2.05) is 88.4 Å². The van der Waals surface area contributed by atoms with E-state index in [2.05, 4.69) is 27.8 Å². The summed E-state index contributed by atoms with van der Waals surface area (Å²) in [4.78, 5) is 67.2. The number of ether oxygens (including phenoxy) is 1. The van der Waals surface area contributed by atoms with Crippen LogP contribution in [0.2, 0.25) is 0 Å². The number of hydrogen-bond acceptors (Lipinski definition) is 6. The zero-order valence-corrected chi connectivity index (χ0v) is 30.4. The molecule has 4 amide bonds. The Morgan fingerprint density at radius 3 is 1.61 bits per heavy atom. The van der Waals surface area contributed by atoms with Crippen LogP contribution in [-0.2, 0) is 36.8 Å². The van der Waals surface area contributed by atoms with E-state index in [-0.39, 0.29) is 36.9 Å². The number of nitrogens with one attached hydrogen (secondary N) is 4. The SMILES string of the molecule is C=C(C)C(=O)[C@H](CC(C)C)NC(=O)[C@H](Cc1ccccc1)NC(=O)[C@H](CC(C)C)NC(=O)[C@H](CCc1ccccc1)NC(=O)OC(C)(C)C. The number of carbonyl (C=O) groups is 5. The van der Waals surface area contributed by atoms with Gasteiger partial charge in [-0.25, -0.2) is 4.79 Å². The van der Waals surface area contributed by atoms with Gasteiger partial charge in [-0.3, -0.25) is 19.2 Å². The summed E-state index contributed by atoms with van der Waals surface area (Å²) in [7, 11) is 0. The monoisotopic (exact) mass is 676 g/mol. The second kappa shape index (κ2) is 19.5. The molecular formula is C39H56N4O6. The van der Waals surface area contributed by atoms with Gasteiger partial charge in [0.05, 0.1) is 6.04 Å². The first-order valence-electron chi connectivity index (χ1n) is 17.1. The largest absolute Gasteiger partial charge is 0.444 e. The van der Waals surface area contributed by atoms with E-state index in [1.165, 1.54) is 0 Å². The van der Waals surface area contributed by atoms with Crippen LogP contribution in [0, 0.1) is 11.8 Å². The summed E-state index contributed by atoms with van der Waals surface area (Å²) in [6.45, 7) is 18.3. The first-order chi connectivity index (χ1) is 22.9. The van der Waals surface area contributed by atoms with Crippen LogP contribution < -0.4 is 21.3 Å². The quantitative estimate of drug-likeness (QED) is 0.155. The molecule has 0 heterocycles. The Labute approximate surface area is 292 Å². The number of aryl methyl sites for hydroxylation is 1. The maximum Gasteiger partial charge on any atom is 0.408 e. The van der Waals surface area contributed by atoms with Crippen molar-refractivity contribution in [1.82, 2.24) is 21.3 Å². The molecule has 268 valence electrons. The van der Waals surface area contributed by atoms with Crippen LogP contribution in [0.15, 0.2) is 72.8 Å². The van der Waals surface area contributed by atoms with E-state index in [0.29, 0.717) is 18.4 Å². The summed E-state index contributed by atoms with van der Waals surface area (Å²) < 4.78 is 5.43. The van der Waals surface area contributed by atoms with Crippen LogP contribution in [0.5, 0.6) is 0 Å². The van der Waals surface area contributed by atoms with E-state index in [9.17, 15) is 24.0 Å². The van der Waals surface area contributed by atoms with Crippen molar-refractivity contribution in [3.8, 4) is 0 Å². The molecule has 0 aromatic heterocycles. The molecule has 0 unspecified atom stereocenters. The molecule has 0 fully saturated rings. The molecule has 2 aromatic rings. The number of Topliss-reactive ketones (excluding diaryl/α,β-unsaturated/α-hetero) is 1. The predicted molar refractivity (Wildman–Crippen MR) is 193 cm³/mol. The van der Waals surface area contributed by atoms with Crippen molar-refractivity contribution in [2.75, 3.05) is 0 Å². The first-order valence-corrected chi connectivity index (χ1v) is 17.1. The topological polar surface area (TPSA) is 143 Å². The number of carbonyl (C=O) groups excluding carboxylic acids is 5. The summed E-state index contributed by atoms with van der Waals surface area (Å²) in [5, 5.41) is 11.2. The summed E-state index contributed by atoms with van der Waals surface area (Å²) in [6, 6.07) is 15.0. The fraction of sp³-hybridized carbons (Fsp3) is 0.513. The molecule has 0 radical (unpaired) electrons. The Kier molecular flexibility index (Phi) is 16.2. The van der Waals surface area contributed by atoms with Crippen molar-refractivity contribution in [1.29, 1.82) is 0 Å². The highest BCUT2D eigenvalue weighted by atomic mass is 16.6. The molecule has 49 heavy (non-hydrogen) atoms. The molecule has 0 aliphatic heterocycles. The van der Waals surface area contributed by atoms with E-state index >= 15 is 0 Å². The minimum absolute atomic E-state index is 0.00245. The van der Waals surface area contributed by atoms with Gasteiger partial charge in [0.2, 0.25) is 17.7 Å². The van der Waals surface area contributed by atoms with Crippen LogP contribution >= 0.6 is 0 Å². The normalized spacial score (nSPS) is 13.8. The Bertz CT molecular complexity index is 1400. The Morgan fingerprint density at radius 2 is 1.10 bits per heavy atom. The highest BCUT2D eigenvalue weighted by Crippen LogP contribution is 2.14. The van der Waals surface area contributed by atoms with Gasteiger partial charge in [0, 0.05) is 6.42 Å². The van der Waals surface area contributed by atoms with Gasteiger partial charge >= 0.3 is 6.09 Å². The maximum atomic E-state index is 13.9. The second-order valence-electron chi connectivity index (χ2n) is 14.5. The Hall–Kier alpha value is -4.47. The average Bonchev–Trinajstić information content (AvgIpc) is 3.01. The highest BCUT2D eigenvalue weighted by Gasteiger charge is 2.32. The molecule has 0 spiro atoms. The number of rotatable bonds is 18.